The van der Waals surface area contributed by atoms with Gasteiger partial charge in [0.1, 0.15) is 36.6 Å². The quantitative estimate of drug-likeness (QED) is 0.0406. The lowest BCUT2D eigenvalue weighted by Gasteiger charge is -2.24. The van der Waals surface area contributed by atoms with Gasteiger partial charge in [-0.15, -0.1) is 0 Å². The smallest absolute Gasteiger partial charge is 0.306 e. The number of hydrogen-bond donors (Lipinski definition) is 4. The monoisotopic (exact) mass is 673 g/mol. The van der Waals surface area contributed by atoms with Crippen LogP contribution < -0.4 is 0 Å². The van der Waals surface area contributed by atoms with Crippen molar-refractivity contribution in [3.63, 3.8) is 0 Å². The zero-order valence-corrected chi connectivity index (χ0v) is 30.8. The Morgan fingerprint density at radius 3 is 1.49 bits per heavy atom. The van der Waals surface area contributed by atoms with Crippen molar-refractivity contribution in [2.24, 2.45) is 5.92 Å². The minimum absolute atomic E-state index is 0.0976. The molecule has 0 saturated heterocycles. The Balaban J connectivity index is 2.24. The Morgan fingerprint density at radius 2 is 0.979 bits per heavy atom. The summed E-state index contributed by atoms with van der Waals surface area (Å²) in [6.07, 6.45) is 22.5. The van der Waals surface area contributed by atoms with Crippen LogP contribution in [0.1, 0.15) is 181 Å². The third-order valence-corrected chi connectivity index (χ3v) is 9.82. The molecule has 1 aliphatic carbocycles. The molecule has 0 amide bonds. The van der Waals surface area contributed by atoms with E-state index in [9.17, 15) is 25.2 Å². The van der Waals surface area contributed by atoms with Gasteiger partial charge in [0.2, 0.25) is 0 Å². The highest BCUT2D eigenvalue weighted by atomic mass is 16.6. The Bertz CT molecular complexity index is 692. The van der Waals surface area contributed by atoms with Gasteiger partial charge in [-0.3, -0.25) is 4.79 Å². The maximum Gasteiger partial charge on any atom is 0.306 e. The van der Waals surface area contributed by atoms with Gasteiger partial charge in [-0.25, -0.2) is 0 Å². The molecule has 0 aromatic rings. The first-order valence-electron chi connectivity index (χ1n) is 19.9. The maximum absolute atomic E-state index is 12.6. The van der Waals surface area contributed by atoms with E-state index < -0.39 is 36.6 Å². The van der Waals surface area contributed by atoms with Crippen molar-refractivity contribution in [2.45, 2.75) is 218 Å². The van der Waals surface area contributed by atoms with Crippen molar-refractivity contribution in [3.05, 3.63) is 0 Å². The molecule has 7 atom stereocenters. The Kier molecular flexibility index (Phi) is 28.3. The zero-order chi connectivity index (χ0) is 34.5. The first kappa shape index (κ1) is 44.3. The predicted octanol–water partition coefficient (Wildman–Crippen LogP) is 8.19. The fourth-order valence-electron chi connectivity index (χ4n) is 6.56. The molecule has 0 radical (unpaired) electrons. The summed E-state index contributed by atoms with van der Waals surface area (Å²) in [5.74, 6) is 0.546. The van der Waals surface area contributed by atoms with Crippen molar-refractivity contribution < 1.29 is 39.4 Å². The minimum Gasteiger partial charge on any atom is -0.457 e. The van der Waals surface area contributed by atoms with E-state index in [1.54, 1.807) is 0 Å². The summed E-state index contributed by atoms with van der Waals surface area (Å²) in [7, 11) is 0. The molecule has 0 aliphatic heterocycles. The number of aliphatic hydroxyl groups excluding tert-OH is 4. The van der Waals surface area contributed by atoms with Crippen molar-refractivity contribution in [2.75, 3.05) is 19.8 Å². The normalized spacial score (nSPS) is 22.5. The lowest BCUT2D eigenvalue weighted by molar-refractivity contribution is -0.163. The van der Waals surface area contributed by atoms with E-state index in [1.165, 1.54) is 122 Å². The minimum atomic E-state index is -1.49. The topological polar surface area (TPSA) is 126 Å². The molecule has 0 aromatic heterocycles. The van der Waals surface area contributed by atoms with Gasteiger partial charge in [-0.1, -0.05) is 162 Å². The molecule has 0 spiro atoms. The molecule has 1 unspecified atom stereocenters. The molecule has 1 fully saturated rings. The van der Waals surface area contributed by atoms with Crippen LogP contribution in [0.15, 0.2) is 0 Å². The van der Waals surface area contributed by atoms with Gasteiger partial charge in [0.15, 0.2) is 0 Å². The summed E-state index contributed by atoms with van der Waals surface area (Å²) in [5, 5.41) is 40.1. The van der Waals surface area contributed by atoms with Crippen molar-refractivity contribution in [1.82, 2.24) is 0 Å². The summed E-state index contributed by atoms with van der Waals surface area (Å²) < 4.78 is 17.2. The van der Waals surface area contributed by atoms with Crippen LogP contribution in [-0.2, 0) is 19.0 Å². The number of carbonyl (C=O) groups is 1. The largest absolute Gasteiger partial charge is 0.457 e. The van der Waals surface area contributed by atoms with Crippen molar-refractivity contribution >= 4 is 5.97 Å². The van der Waals surface area contributed by atoms with Crippen LogP contribution in [0.5, 0.6) is 0 Å². The highest BCUT2D eigenvalue weighted by Gasteiger charge is 2.49. The maximum atomic E-state index is 12.6. The van der Waals surface area contributed by atoms with E-state index in [-0.39, 0.29) is 19.2 Å². The second kappa shape index (κ2) is 30.1. The molecule has 1 saturated carbocycles. The molecule has 280 valence electrons. The number of rotatable bonds is 33. The average Bonchev–Trinajstić information content (AvgIpc) is 3.24. The number of carbonyl (C=O) groups excluding carboxylic acids is 1. The van der Waals surface area contributed by atoms with Crippen molar-refractivity contribution in [1.29, 1.82) is 0 Å². The molecular formula is C39H76O8. The van der Waals surface area contributed by atoms with E-state index in [1.807, 2.05) is 0 Å². The molecule has 1 aliphatic rings. The van der Waals surface area contributed by atoms with Gasteiger partial charge < -0.3 is 34.6 Å². The van der Waals surface area contributed by atoms with E-state index in [0.717, 1.165) is 38.0 Å². The third kappa shape index (κ3) is 22.5. The highest BCUT2D eigenvalue weighted by molar-refractivity contribution is 5.69. The van der Waals surface area contributed by atoms with Crippen LogP contribution >= 0.6 is 0 Å². The lowest BCUT2D eigenvalue weighted by atomic mass is 9.96. The second-order valence-corrected chi connectivity index (χ2v) is 14.5. The van der Waals surface area contributed by atoms with Crippen molar-refractivity contribution in [3.8, 4) is 0 Å². The predicted molar refractivity (Wildman–Crippen MR) is 190 cm³/mol. The zero-order valence-electron chi connectivity index (χ0n) is 30.8. The summed E-state index contributed by atoms with van der Waals surface area (Å²) in [5.41, 5.74) is 0. The van der Waals surface area contributed by atoms with Gasteiger partial charge in [0, 0.05) is 13.0 Å². The molecule has 47 heavy (non-hydrogen) atoms. The fraction of sp³-hybridized carbons (Fsp3) is 0.974. The lowest BCUT2D eigenvalue weighted by Crippen LogP contribution is -2.39. The third-order valence-electron chi connectivity index (χ3n) is 9.82. The van der Waals surface area contributed by atoms with Gasteiger partial charge >= 0.3 is 5.97 Å². The fourth-order valence-corrected chi connectivity index (χ4v) is 6.56. The summed E-state index contributed by atoms with van der Waals surface area (Å²) >= 11 is 0. The van der Waals surface area contributed by atoms with Crippen LogP contribution in [0.4, 0.5) is 0 Å². The van der Waals surface area contributed by atoms with Gasteiger partial charge in [0.05, 0.1) is 13.2 Å². The molecule has 4 N–H and O–H groups in total. The van der Waals surface area contributed by atoms with Gasteiger partial charge in [0.25, 0.3) is 0 Å². The van der Waals surface area contributed by atoms with E-state index >= 15 is 0 Å². The van der Waals surface area contributed by atoms with Gasteiger partial charge in [-0.2, -0.15) is 0 Å². The van der Waals surface area contributed by atoms with Crippen LogP contribution in [0.3, 0.4) is 0 Å². The summed E-state index contributed by atoms with van der Waals surface area (Å²) in [4.78, 5) is 12.6. The molecule has 0 heterocycles. The van der Waals surface area contributed by atoms with Crippen LogP contribution in [-0.4, -0.2) is 82.8 Å². The molecule has 0 aromatic carbocycles. The Morgan fingerprint density at radius 1 is 0.553 bits per heavy atom. The standard InChI is InChI=1S/C39H76O8/c1-4-6-8-10-11-12-13-14-17-20-24-28-34(40)47-33(31-46-39-37(43)35(41)36(42)38(39)44)30-45-29-25-21-18-15-16-19-23-27-32(3)26-22-9-7-5-2/h32-33,35-39,41-44H,4-31H2,1-3H3/t32-,33+,35-,36+,37+,38-,39?/m1/s1. The summed E-state index contributed by atoms with van der Waals surface area (Å²) in [6, 6.07) is 0. The number of ether oxygens (including phenoxy) is 3. The molecule has 8 nitrogen and oxygen atoms in total. The second-order valence-electron chi connectivity index (χ2n) is 14.5. The first-order chi connectivity index (χ1) is 22.8. The van der Waals surface area contributed by atoms with Crippen LogP contribution in [0, 0.1) is 5.92 Å². The van der Waals surface area contributed by atoms with E-state index in [4.69, 9.17) is 14.2 Å². The number of unbranched alkanes of at least 4 members (excludes halogenated alkanes) is 19. The van der Waals surface area contributed by atoms with Crippen LogP contribution in [0.25, 0.3) is 0 Å². The number of hydrogen-bond acceptors (Lipinski definition) is 8. The molecule has 0 bridgehead atoms. The number of aliphatic hydroxyl groups is 4. The van der Waals surface area contributed by atoms with E-state index in [0.29, 0.717) is 13.0 Å². The van der Waals surface area contributed by atoms with E-state index in [2.05, 4.69) is 20.8 Å². The van der Waals surface area contributed by atoms with Crippen LogP contribution in [0.2, 0.25) is 0 Å². The SMILES string of the molecule is CCCCCCCCCCCCCC(=O)O[C@@H](COCCCCCCCCC[C@H](C)CCCCCC)COC1[C@@H](O)[C@H](O)[C@H](O)[C@H]1O. The Hall–Kier alpha value is -0.770. The number of esters is 1. The van der Waals surface area contributed by atoms with Gasteiger partial charge in [-0.05, 0) is 18.8 Å². The molecule has 8 heteroatoms. The summed E-state index contributed by atoms with van der Waals surface area (Å²) in [6.45, 7) is 7.53. The molecule has 1 rings (SSSR count). The highest BCUT2D eigenvalue weighted by Crippen LogP contribution is 2.25. The average molecular weight is 673 g/mol. The Labute approximate surface area is 288 Å². The first-order valence-corrected chi connectivity index (χ1v) is 19.9. The molecular weight excluding hydrogens is 596 g/mol.